The van der Waals surface area contributed by atoms with Crippen molar-refractivity contribution in [3.63, 3.8) is 0 Å². The van der Waals surface area contributed by atoms with E-state index < -0.39 is 16.9 Å². The van der Waals surface area contributed by atoms with Crippen LogP contribution < -0.4 is 10.6 Å². The van der Waals surface area contributed by atoms with Crippen LogP contribution in [-0.2, 0) is 4.79 Å². The van der Waals surface area contributed by atoms with Gasteiger partial charge in [0.2, 0.25) is 0 Å². The highest BCUT2D eigenvalue weighted by molar-refractivity contribution is 7.98. The number of rotatable bonds is 7. The quantitative estimate of drug-likeness (QED) is 0.672. The van der Waals surface area contributed by atoms with Gasteiger partial charge in [-0.1, -0.05) is 0 Å². The number of hydrogen-bond acceptors (Lipinski definition) is 3. The lowest BCUT2D eigenvalue weighted by atomic mass is 9.74. The van der Waals surface area contributed by atoms with Crippen molar-refractivity contribution in [1.29, 1.82) is 0 Å². The lowest BCUT2D eigenvalue weighted by molar-refractivity contribution is -0.150. The summed E-state index contributed by atoms with van der Waals surface area (Å²) in [6.07, 6.45) is 2.91. The van der Waals surface area contributed by atoms with Crippen LogP contribution in [-0.4, -0.2) is 40.7 Å². The minimum atomic E-state index is -1.05. The number of carboxylic acid groups (broad SMARTS) is 1. The number of amides is 2. The van der Waals surface area contributed by atoms with Crippen LogP contribution in [0.2, 0.25) is 0 Å². The molecule has 1 atom stereocenters. The number of carbonyl (C=O) groups is 2. The summed E-state index contributed by atoms with van der Waals surface area (Å²) < 4.78 is 0. The molecule has 0 fully saturated rings. The number of thioether (sulfide) groups is 1. The Morgan fingerprint density at radius 3 is 2.21 bits per heavy atom. The third kappa shape index (κ3) is 5.30. The van der Waals surface area contributed by atoms with Gasteiger partial charge in [-0.2, -0.15) is 11.8 Å². The summed E-state index contributed by atoms with van der Waals surface area (Å²) in [7, 11) is 0. The largest absolute Gasteiger partial charge is 0.481 e. The smallest absolute Gasteiger partial charge is 0.315 e. The molecule has 0 aromatic carbocycles. The minimum absolute atomic E-state index is 0.0659. The van der Waals surface area contributed by atoms with Crippen LogP contribution >= 0.6 is 11.8 Å². The van der Waals surface area contributed by atoms with Crippen LogP contribution in [0.4, 0.5) is 4.79 Å². The number of aliphatic carboxylic acids is 1. The average molecular weight is 290 g/mol. The molecule has 0 aliphatic rings. The molecule has 0 heterocycles. The van der Waals surface area contributed by atoms with E-state index in [1.165, 1.54) is 0 Å². The summed E-state index contributed by atoms with van der Waals surface area (Å²) in [5.41, 5.74) is -1.89. The van der Waals surface area contributed by atoms with Crippen LogP contribution in [0.5, 0.6) is 0 Å². The fourth-order valence-corrected chi connectivity index (χ4v) is 1.92. The summed E-state index contributed by atoms with van der Waals surface area (Å²) in [5.74, 6) is 0.0408. The van der Waals surface area contributed by atoms with Crippen LogP contribution in [0.25, 0.3) is 0 Å². The Morgan fingerprint density at radius 1 is 1.26 bits per heavy atom. The highest BCUT2D eigenvalue weighted by Crippen LogP contribution is 2.30. The first kappa shape index (κ1) is 18.1. The summed E-state index contributed by atoms with van der Waals surface area (Å²) in [5, 5.41) is 14.8. The molecule has 0 aromatic heterocycles. The maximum Gasteiger partial charge on any atom is 0.315 e. The van der Waals surface area contributed by atoms with Crippen molar-refractivity contribution in [3.05, 3.63) is 0 Å². The lowest BCUT2D eigenvalue weighted by Crippen LogP contribution is -2.59. The van der Waals surface area contributed by atoms with Crippen molar-refractivity contribution in [2.24, 2.45) is 5.41 Å². The molecule has 5 nitrogen and oxygen atoms in total. The maximum atomic E-state index is 11.9. The van der Waals surface area contributed by atoms with Gasteiger partial charge in [0.05, 0.1) is 11.0 Å². The number of urea groups is 1. The van der Waals surface area contributed by atoms with Gasteiger partial charge in [0.1, 0.15) is 0 Å². The van der Waals surface area contributed by atoms with E-state index in [2.05, 4.69) is 10.6 Å². The molecule has 6 heteroatoms. The molecular formula is C13H26N2O3S. The van der Waals surface area contributed by atoms with Gasteiger partial charge in [0.25, 0.3) is 0 Å². The Hall–Kier alpha value is -0.910. The summed E-state index contributed by atoms with van der Waals surface area (Å²) in [4.78, 5) is 23.1. The van der Waals surface area contributed by atoms with Crippen molar-refractivity contribution < 1.29 is 14.7 Å². The van der Waals surface area contributed by atoms with Crippen LogP contribution in [0.1, 0.15) is 41.0 Å². The normalized spacial score (nSPS) is 13.8. The van der Waals surface area contributed by atoms with Crippen molar-refractivity contribution in [2.75, 3.05) is 12.0 Å². The molecule has 19 heavy (non-hydrogen) atoms. The zero-order valence-electron chi connectivity index (χ0n) is 12.7. The molecule has 0 aliphatic carbocycles. The fourth-order valence-electron chi connectivity index (χ4n) is 1.33. The number of carboxylic acids is 1. The van der Waals surface area contributed by atoms with E-state index in [0.717, 1.165) is 12.2 Å². The zero-order valence-corrected chi connectivity index (χ0v) is 13.5. The highest BCUT2D eigenvalue weighted by Gasteiger charge is 2.44. The summed E-state index contributed by atoms with van der Waals surface area (Å²) in [6, 6.07) is -0.260. The Labute approximate surface area is 119 Å². The summed E-state index contributed by atoms with van der Waals surface area (Å²) in [6.45, 7) is 8.57. The van der Waals surface area contributed by atoms with Gasteiger partial charge in [-0.25, -0.2) is 4.79 Å². The van der Waals surface area contributed by atoms with Gasteiger partial charge >= 0.3 is 12.0 Å². The molecule has 0 saturated carbocycles. The van der Waals surface area contributed by atoms with Crippen LogP contribution in [0.3, 0.4) is 0 Å². The first-order chi connectivity index (χ1) is 8.54. The van der Waals surface area contributed by atoms with Gasteiger partial charge < -0.3 is 15.7 Å². The molecule has 0 spiro atoms. The second kappa shape index (κ2) is 7.03. The maximum absolute atomic E-state index is 11.9. The third-order valence-electron chi connectivity index (χ3n) is 3.66. The zero-order chi connectivity index (χ0) is 15.3. The van der Waals surface area contributed by atoms with Gasteiger partial charge in [-0.05, 0) is 53.0 Å². The van der Waals surface area contributed by atoms with Gasteiger partial charge in [-0.15, -0.1) is 0 Å². The second-order valence-electron chi connectivity index (χ2n) is 5.84. The highest BCUT2D eigenvalue weighted by atomic mass is 32.2. The molecule has 0 bridgehead atoms. The van der Waals surface area contributed by atoms with Crippen molar-refractivity contribution >= 4 is 23.8 Å². The molecule has 0 aromatic rings. The molecular weight excluding hydrogens is 264 g/mol. The first-order valence-corrected chi connectivity index (χ1v) is 7.75. The monoisotopic (exact) mass is 290 g/mol. The van der Waals surface area contributed by atoms with Gasteiger partial charge in [0, 0.05) is 6.04 Å². The van der Waals surface area contributed by atoms with Crippen molar-refractivity contribution in [2.45, 2.75) is 52.6 Å². The third-order valence-corrected chi connectivity index (χ3v) is 4.30. The molecule has 112 valence electrons. The predicted octanol–water partition coefficient (Wildman–Crippen LogP) is 2.32. The van der Waals surface area contributed by atoms with E-state index in [0.29, 0.717) is 0 Å². The van der Waals surface area contributed by atoms with Crippen LogP contribution in [0.15, 0.2) is 0 Å². The lowest BCUT2D eigenvalue weighted by Gasteiger charge is -2.39. The van der Waals surface area contributed by atoms with E-state index in [9.17, 15) is 14.7 Å². The van der Waals surface area contributed by atoms with Crippen LogP contribution in [0, 0.1) is 5.41 Å². The number of carbonyl (C=O) groups excluding carboxylic acids is 1. The van der Waals surface area contributed by atoms with E-state index in [4.69, 9.17) is 0 Å². The minimum Gasteiger partial charge on any atom is -0.481 e. The van der Waals surface area contributed by atoms with Gasteiger partial charge in [0.15, 0.2) is 0 Å². The van der Waals surface area contributed by atoms with Crippen molar-refractivity contribution in [1.82, 2.24) is 10.6 Å². The Morgan fingerprint density at radius 2 is 1.79 bits per heavy atom. The molecule has 0 saturated heterocycles. The van der Waals surface area contributed by atoms with Crippen molar-refractivity contribution in [3.8, 4) is 0 Å². The second-order valence-corrected chi connectivity index (χ2v) is 6.82. The summed E-state index contributed by atoms with van der Waals surface area (Å²) >= 11 is 1.73. The predicted molar refractivity (Wildman–Crippen MR) is 79.6 cm³/mol. The Kier molecular flexibility index (Phi) is 6.69. The van der Waals surface area contributed by atoms with E-state index >= 15 is 0 Å². The SMILES string of the molecule is CSCCC(C)NC(=O)NC(C)(C)C(C)(C)C(=O)O. The molecule has 0 rings (SSSR count). The molecule has 1 unspecified atom stereocenters. The average Bonchev–Trinajstić information content (AvgIpc) is 2.24. The van der Waals surface area contributed by atoms with E-state index in [-0.39, 0.29) is 12.1 Å². The molecule has 3 N–H and O–H groups in total. The van der Waals surface area contributed by atoms with E-state index in [1.54, 1.807) is 39.5 Å². The number of nitrogens with one attached hydrogen (secondary N) is 2. The van der Waals surface area contributed by atoms with E-state index in [1.807, 2.05) is 13.2 Å². The standard InChI is InChI=1S/C13H26N2O3S/c1-9(7-8-19-6)14-11(18)15-13(4,5)12(2,3)10(16)17/h9H,7-8H2,1-6H3,(H,16,17)(H2,14,15,18). The number of hydrogen-bond donors (Lipinski definition) is 3. The topological polar surface area (TPSA) is 78.4 Å². The first-order valence-electron chi connectivity index (χ1n) is 6.35. The molecule has 2 amide bonds. The molecule has 0 radical (unpaired) electrons. The fraction of sp³-hybridized carbons (Fsp3) is 0.846. The van der Waals surface area contributed by atoms with Gasteiger partial charge in [-0.3, -0.25) is 4.79 Å². The Balaban J connectivity index is 4.51. The molecule has 0 aliphatic heterocycles. The Bertz CT molecular complexity index is 330.